The third kappa shape index (κ3) is 9.40. The molecule has 6 heteroatoms. The number of amides is 1. The van der Waals surface area contributed by atoms with Crippen molar-refractivity contribution in [1.82, 2.24) is 15.5 Å². The highest BCUT2D eigenvalue weighted by molar-refractivity contribution is 14.0. The summed E-state index contributed by atoms with van der Waals surface area (Å²) < 4.78 is 0. The van der Waals surface area contributed by atoms with Gasteiger partial charge in [0.05, 0.1) is 6.54 Å². The molecule has 0 unspecified atom stereocenters. The maximum Gasteiger partial charge on any atom is 0.251 e. The number of hydrogen-bond acceptors (Lipinski definition) is 2. The molecule has 1 aromatic carbocycles. The van der Waals surface area contributed by atoms with Gasteiger partial charge in [0, 0.05) is 32.2 Å². The fraction of sp³-hybridized carbons (Fsp3) is 0.600. The molecule has 26 heavy (non-hydrogen) atoms. The van der Waals surface area contributed by atoms with Gasteiger partial charge in [-0.15, -0.1) is 24.0 Å². The maximum atomic E-state index is 12.0. The third-order valence-corrected chi connectivity index (χ3v) is 3.99. The van der Waals surface area contributed by atoms with Crippen molar-refractivity contribution in [3.05, 3.63) is 35.4 Å². The van der Waals surface area contributed by atoms with E-state index in [-0.39, 0.29) is 29.9 Å². The van der Waals surface area contributed by atoms with Gasteiger partial charge in [-0.05, 0) is 37.5 Å². The molecule has 0 radical (unpaired) electrons. The Balaban J connectivity index is 0.00000625. The van der Waals surface area contributed by atoms with E-state index in [9.17, 15) is 4.79 Å². The standard InChI is InChI=1S/C20H34N4O.HI/c1-5-8-14-22-19(25)18-12-10-17(11-13-18)16-23-20(21-7-3)24(4)15-9-6-2;/h10-13H,5-9,14-16H2,1-4H3,(H,21,23)(H,22,25);1H. The topological polar surface area (TPSA) is 56.7 Å². The Labute approximate surface area is 176 Å². The lowest BCUT2D eigenvalue weighted by molar-refractivity contribution is 0.0953. The van der Waals surface area contributed by atoms with E-state index < -0.39 is 0 Å². The smallest absolute Gasteiger partial charge is 0.251 e. The Morgan fingerprint density at radius 1 is 1.04 bits per heavy atom. The van der Waals surface area contributed by atoms with Crippen molar-refractivity contribution in [3.8, 4) is 0 Å². The van der Waals surface area contributed by atoms with Crippen molar-refractivity contribution in [3.63, 3.8) is 0 Å². The summed E-state index contributed by atoms with van der Waals surface area (Å²) in [5.41, 5.74) is 1.81. The van der Waals surface area contributed by atoms with Crippen LogP contribution in [-0.4, -0.2) is 43.4 Å². The van der Waals surface area contributed by atoms with Gasteiger partial charge in [0.25, 0.3) is 5.91 Å². The van der Waals surface area contributed by atoms with Gasteiger partial charge in [0.15, 0.2) is 5.96 Å². The van der Waals surface area contributed by atoms with E-state index in [2.05, 4.69) is 43.4 Å². The van der Waals surface area contributed by atoms with Crippen LogP contribution in [0.3, 0.4) is 0 Å². The van der Waals surface area contributed by atoms with Crippen molar-refractivity contribution in [2.24, 2.45) is 4.99 Å². The summed E-state index contributed by atoms with van der Waals surface area (Å²) in [7, 11) is 2.07. The molecule has 148 valence electrons. The van der Waals surface area contributed by atoms with Gasteiger partial charge < -0.3 is 15.5 Å². The average Bonchev–Trinajstić information content (AvgIpc) is 2.63. The van der Waals surface area contributed by atoms with Crippen LogP contribution in [0.25, 0.3) is 0 Å². The van der Waals surface area contributed by atoms with Crippen LogP contribution in [0, 0.1) is 0 Å². The number of nitrogens with zero attached hydrogens (tertiary/aromatic N) is 2. The Hall–Kier alpha value is -1.31. The zero-order valence-electron chi connectivity index (χ0n) is 16.7. The van der Waals surface area contributed by atoms with Gasteiger partial charge in [-0.1, -0.05) is 38.8 Å². The molecule has 0 atom stereocenters. The molecule has 1 rings (SSSR count). The monoisotopic (exact) mass is 474 g/mol. The predicted molar refractivity (Wildman–Crippen MR) is 121 cm³/mol. The molecule has 1 amide bonds. The van der Waals surface area contributed by atoms with Gasteiger partial charge in [-0.25, -0.2) is 4.99 Å². The van der Waals surface area contributed by atoms with Crippen molar-refractivity contribution < 1.29 is 4.79 Å². The summed E-state index contributed by atoms with van der Waals surface area (Å²) in [6.07, 6.45) is 4.42. The van der Waals surface area contributed by atoms with E-state index in [1.807, 2.05) is 24.3 Å². The van der Waals surface area contributed by atoms with Gasteiger partial charge in [-0.3, -0.25) is 4.79 Å². The minimum Gasteiger partial charge on any atom is -0.357 e. The molecule has 1 aromatic rings. The maximum absolute atomic E-state index is 12.0. The van der Waals surface area contributed by atoms with Crippen LogP contribution in [0.1, 0.15) is 62.4 Å². The SMILES string of the molecule is CCCCNC(=O)c1ccc(CN=C(NCC)N(C)CCCC)cc1.I. The molecular formula is C20H35IN4O. The van der Waals surface area contributed by atoms with Gasteiger partial charge in [0.1, 0.15) is 0 Å². The molecule has 0 bridgehead atoms. The number of hydrogen-bond donors (Lipinski definition) is 2. The fourth-order valence-electron chi connectivity index (χ4n) is 2.38. The number of guanidine groups is 1. The summed E-state index contributed by atoms with van der Waals surface area (Å²) >= 11 is 0. The Kier molecular flexibility index (Phi) is 14.1. The van der Waals surface area contributed by atoms with E-state index in [1.165, 1.54) is 6.42 Å². The quantitative estimate of drug-likeness (QED) is 0.233. The molecular weight excluding hydrogens is 439 g/mol. The number of halogens is 1. The second kappa shape index (κ2) is 14.8. The highest BCUT2D eigenvalue weighted by Crippen LogP contribution is 2.06. The van der Waals surface area contributed by atoms with Gasteiger partial charge >= 0.3 is 0 Å². The predicted octanol–water partition coefficient (Wildman–Crippen LogP) is 4.03. The normalized spacial score (nSPS) is 10.8. The van der Waals surface area contributed by atoms with Crippen LogP contribution in [0.2, 0.25) is 0 Å². The first-order valence-electron chi connectivity index (χ1n) is 9.48. The van der Waals surface area contributed by atoms with Crippen LogP contribution < -0.4 is 10.6 Å². The highest BCUT2D eigenvalue weighted by Gasteiger charge is 2.06. The van der Waals surface area contributed by atoms with E-state index in [1.54, 1.807) is 0 Å². The third-order valence-electron chi connectivity index (χ3n) is 3.99. The molecule has 0 aliphatic heterocycles. The first-order chi connectivity index (χ1) is 12.1. The van der Waals surface area contributed by atoms with Crippen molar-refractivity contribution >= 4 is 35.8 Å². The molecule has 2 N–H and O–H groups in total. The van der Waals surface area contributed by atoms with Crippen molar-refractivity contribution in [1.29, 1.82) is 0 Å². The summed E-state index contributed by atoms with van der Waals surface area (Å²) in [5.74, 6) is 0.925. The van der Waals surface area contributed by atoms with Crippen LogP contribution in [-0.2, 0) is 6.54 Å². The molecule has 0 saturated carbocycles. The molecule has 0 aliphatic rings. The van der Waals surface area contributed by atoms with Crippen LogP contribution in [0.5, 0.6) is 0 Å². The molecule has 0 fully saturated rings. The Bertz CT molecular complexity index is 531. The number of rotatable bonds is 10. The van der Waals surface area contributed by atoms with E-state index in [0.29, 0.717) is 12.1 Å². The molecule has 0 spiro atoms. The number of aliphatic imine (C=N–C) groups is 1. The number of nitrogens with one attached hydrogen (secondary N) is 2. The largest absolute Gasteiger partial charge is 0.357 e. The number of carbonyl (C=O) groups is 1. The molecule has 0 heterocycles. The van der Waals surface area contributed by atoms with Gasteiger partial charge in [0.2, 0.25) is 0 Å². The minimum absolute atomic E-state index is 0. The van der Waals surface area contributed by atoms with Gasteiger partial charge in [-0.2, -0.15) is 0 Å². The highest BCUT2D eigenvalue weighted by atomic mass is 127. The molecule has 0 aliphatic carbocycles. The first kappa shape index (κ1) is 24.7. The van der Waals surface area contributed by atoms with Crippen LogP contribution >= 0.6 is 24.0 Å². The lowest BCUT2D eigenvalue weighted by atomic mass is 10.1. The summed E-state index contributed by atoms with van der Waals surface area (Å²) in [4.78, 5) is 18.9. The second-order valence-electron chi connectivity index (χ2n) is 6.25. The lowest BCUT2D eigenvalue weighted by Crippen LogP contribution is -2.39. The average molecular weight is 474 g/mol. The minimum atomic E-state index is -0.00358. The molecule has 0 aromatic heterocycles. The zero-order chi connectivity index (χ0) is 18.5. The number of carbonyl (C=O) groups excluding carboxylic acids is 1. The number of unbranched alkanes of at least 4 members (excludes halogenated alkanes) is 2. The molecule has 5 nitrogen and oxygen atoms in total. The van der Waals surface area contributed by atoms with E-state index in [4.69, 9.17) is 4.99 Å². The first-order valence-corrected chi connectivity index (χ1v) is 9.48. The Morgan fingerprint density at radius 3 is 2.27 bits per heavy atom. The van der Waals surface area contributed by atoms with E-state index in [0.717, 1.165) is 50.4 Å². The molecule has 0 saturated heterocycles. The summed E-state index contributed by atoms with van der Waals surface area (Å²) in [6, 6.07) is 7.71. The summed E-state index contributed by atoms with van der Waals surface area (Å²) in [6.45, 7) is 9.58. The second-order valence-corrected chi connectivity index (χ2v) is 6.25. The van der Waals surface area contributed by atoms with Crippen molar-refractivity contribution in [2.45, 2.75) is 53.0 Å². The van der Waals surface area contributed by atoms with Crippen molar-refractivity contribution in [2.75, 3.05) is 26.7 Å². The lowest BCUT2D eigenvalue weighted by Gasteiger charge is -2.21. The zero-order valence-corrected chi connectivity index (χ0v) is 19.0. The van der Waals surface area contributed by atoms with Crippen LogP contribution in [0.15, 0.2) is 29.3 Å². The number of benzene rings is 1. The fourth-order valence-corrected chi connectivity index (χ4v) is 2.38. The van der Waals surface area contributed by atoms with E-state index >= 15 is 0 Å². The summed E-state index contributed by atoms with van der Waals surface area (Å²) in [5, 5.41) is 6.27. The van der Waals surface area contributed by atoms with Crippen LogP contribution in [0.4, 0.5) is 0 Å². The Morgan fingerprint density at radius 2 is 1.69 bits per heavy atom.